The van der Waals surface area contributed by atoms with Gasteiger partial charge in [0.15, 0.2) is 0 Å². The second-order valence-electron chi connectivity index (χ2n) is 6.30. The Morgan fingerprint density at radius 1 is 1.32 bits per heavy atom. The number of rotatable bonds is 0. The lowest BCUT2D eigenvalue weighted by atomic mass is 9.77. The Morgan fingerprint density at radius 3 is 3.21 bits per heavy atom. The summed E-state index contributed by atoms with van der Waals surface area (Å²) in [5, 5.41) is 3.76. The van der Waals surface area contributed by atoms with Crippen molar-refractivity contribution in [1.82, 2.24) is 10.2 Å². The van der Waals surface area contributed by atoms with E-state index in [1.54, 1.807) is 11.1 Å². The highest BCUT2D eigenvalue weighted by Gasteiger charge is 2.39. The van der Waals surface area contributed by atoms with E-state index in [1.165, 1.54) is 49.8 Å². The van der Waals surface area contributed by atoms with E-state index < -0.39 is 0 Å². The highest BCUT2D eigenvalue weighted by atomic mass is 79.9. The third-order valence-corrected chi connectivity index (χ3v) is 5.74. The minimum atomic E-state index is 0.656. The number of benzene rings is 1. The van der Waals surface area contributed by atoms with Crippen molar-refractivity contribution in [2.75, 3.05) is 19.6 Å². The molecule has 102 valence electrons. The van der Waals surface area contributed by atoms with Gasteiger partial charge in [-0.3, -0.25) is 4.90 Å². The van der Waals surface area contributed by atoms with Gasteiger partial charge in [0.05, 0.1) is 0 Å². The second-order valence-corrected chi connectivity index (χ2v) is 7.22. The Bertz CT molecular complexity index is 488. The molecule has 0 amide bonds. The molecule has 3 aliphatic rings. The average molecular weight is 321 g/mol. The van der Waals surface area contributed by atoms with E-state index in [-0.39, 0.29) is 0 Å². The van der Waals surface area contributed by atoms with Crippen LogP contribution in [0, 0.1) is 5.92 Å². The molecule has 0 radical (unpaired) electrons. The standard InChI is InChI=1S/C16H21BrN2/c17-13-3-4-14-11(8-13)5-7-19-10-12-2-1-6-18-15(12)9-16(14)19/h3-4,8,12,15-16,18H,1-2,5-7,9-10H2/t12-,15+,16+/m0/s1. The Balaban J connectivity index is 1.65. The molecule has 0 spiro atoms. The van der Waals surface area contributed by atoms with E-state index in [9.17, 15) is 0 Å². The lowest BCUT2D eigenvalue weighted by molar-refractivity contribution is 0.0552. The topological polar surface area (TPSA) is 15.3 Å². The molecule has 1 aromatic carbocycles. The summed E-state index contributed by atoms with van der Waals surface area (Å²) in [4.78, 5) is 2.74. The molecule has 0 bridgehead atoms. The first-order valence-corrected chi connectivity index (χ1v) is 8.36. The molecule has 3 heterocycles. The van der Waals surface area contributed by atoms with Crippen LogP contribution >= 0.6 is 15.9 Å². The molecule has 19 heavy (non-hydrogen) atoms. The third-order valence-electron chi connectivity index (χ3n) is 5.25. The molecule has 2 nitrogen and oxygen atoms in total. The van der Waals surface area contributed by atoms with Crippen molar-refractivity contribution in [2.45, 2.75) is 37.8 Å². The molecule has 3 atom stereocenters. The molecular weight excluding hydrogens is 300 g/mol. The molecule has 2 fully saturated rings. The van der Waals surface area contributed by atoms with E-state index in [0.29, 0.717) is 6.04 Å². The molecule has 3 heteroatoms. The van der Waals surface area contributed by atoms with Crippen molar-refractivity contribution in [3.05, 3.63) is 33.8 Å². The van der Waals surface area contributed by atoms with E-state index >= 15 is 0 Å². The van der Waals surface area contributed by atoms with Crippen LogP contribution in [0.3, 0.4) is 0 Å². The Hall–Kier alpha value is -0.380. The zero-order valence-corrected chi connectivity index (χ0v) is 12.8. The van der Waals surface area contributed by atoms with Crippen LogP contribution < -0.4 is 5.32 Å². The van der Waals surface area contributed by atoms with E-state index in [0.717, 1.165) is 12.0 Å². The molecular formula is C16H21BrN2. The van der Waals surface area contributed by atoms with Crippen molar-refractivity contribution in [1.29, 1.82) is 0 Å². The zero-order chi connectivity index (χ0) is 12.8. The maximum Gasteiger partial charge on any atom is 0.0366 e. The van der Waals surface area contributed by atoms with Gasteiger partial charge in [-0.05, 0) is 61.4 Å². The SMILES string of the molecule is Brc1ccc2c(c1)CCN1C[C@@H]3CCCN[C@@H]3C[C@H]21. The lowest BCUT2D eigenvalue weighted by Crippen LogP contribution is -2.54. The van der Waals surface area contributed by atoms with Crippen molar-refractivity contribution < 1.29 is 0 Å². The molecule has 0 aromatic heterocycles. The summed E-state index contributed by atoms with van der Waals surface area (Å²) in [5.74, 6) is 0.891. The van der Waals surface area contributed by atoms with Gasteiger partial charge in [-0.1, -0.05) is 22.0 Å². The summed E-state index contributed by atoms with van der Waals surface area (Å²) >= 11 is 3.61. The maximum absolute atomic E-state index is 3.76. The fraction of sp³-hybridized carbons (Fsp3) is 0.625. The van der Waals surface area contributed by atoms with E-state index in [4.69, 9.17) is 0 Å². The van der Waals surface area contributed by atoms with Gasteiger partial charge in [0.1, 0.15) is 0 Å². The zero-order valence-electron chi connectivity index (χ0n) is 11.2. The molecule has 4 rings (SSSR count). The van der Waals surface area contributed by atoms with Crippen molar-refractivity contribution in [3.8, 4) is 0 Å². The van der Waals surface area contributed by atoms with Gasteiger partial charge in [0, 0.05) is 29.6 Å². The highest BCUT2D eigenvalue weighted by Crippen LogP contribution is 2.40. The Labute approximate surface area is 123 Å². The van der Waals surface area contributed by atoms with E-state index in [2.05, 4.69) is 44.3 Å². The minimum absolute atomic E-state index is 0.656. The Morgan fingerprint density at radius 2 is 2.26 bits per heavy atom. The van der Waals surface area contributed by atoms with Crippen LogP contribution in [0.1, 0.15) is 36.4 Å². The molecule has 0 aliphatic carbocycles. The second kappa shape index (κ2) is 4.87. The number of nitrogens with one attached hydrogen (secondary N) is 1. The van der Waals surface area contributed by atoms with Crippen molar-refractivity contribution in [3.63, 3.8) is 0 Å². The summed E-state index contributed by atoms with van der Waals surface area (Å²) in [6, 6.07) is 8.29. The van der Waals surface area contributed by atoms with Crippen LogP contribution in [0.25, 0.3) is 0 Å². The van der Waals surface area contributed by atoms with Gasteiger partial charge in [0.25, 0.3) is 0 Å². The lowest BCUT2D eigenvalue weighted by Gasteiger charge is -2.49. The van der Waals surface area contributed by atoms with Gasteiger partial charge in [-0.2, -0.15) is 0 Å². The summed E-state index contributed by atoms with van der Waals surface area (Å²) in [6.45, 7) is 3.77. The van der Waals surface area contributed by atoms with Gasteiger partial charge >= 0.3 is 0 Å². The summed E-state index contributed by atoms with van der Waals surface area (Å²) in [7, 11) is 0. The largest absolute Gasteiger partial charge is 0.314 e. The molecule has 2 saturated heterocycles. The van der Waals surface area contributed by atoms with Gasteiger partial charge in [-0.25, -0.2) is 0 Å². The smallest absolute Gasteiger partial charge is 0.0366 e. The number of hydrogen-bond donors (Lipinski definition) is 1. The maximum atomic E-state index is 3.76. The summed E-state index contributed by atoms with van der Waals surface area (Å²) in [5.41, 5.74) is 3.14. The number of fused-ring (bicyclic) bond motifs is 4. The Kier molecular flexibility index (Phi) is 3.17. The number of piperidine rings is 2. The minimum Gasteiger partial charge on any atom is -0.314 e. The third kappa shape index (κ3) is 2.16. The predicted molar refractivity (Wildman–Crippen MR) is 81.3 cm³/mol. The fourth-order valence-corrected chi connectivity index (χ4v) is 4.69. The first kappa shape index (κ1) is 12.4. The van der Waals surface area contributed by atoms with Crippen LogP contribution in [-0.4, -0.2) is 30.6 Å². The first-order chi connectivity index (χ1) is 9.31. The van der Waals surface area contributed by atoms with Crippen LogP contribution in [-0.2, 0) is 6.42 Å². The fourth-order valence-electron chi connectivity index (χ4n) is 4.28. The highest BCUT2D eigenvalue weighted by molar-refractivity contribution is 9.10. The van der Waals surface area contributed by atoms with E-state index in [1.807, 2.05) is 0 Å². The average Bonchev–Trinajstić information content (AvgIpc) is 2.44. The summed E-state index contributed by atoms with van der Waals surface area (Å²) in [6.07, 6.45) is 5.31. The monoisotopic (exact) mass is 320 g/mol. The molecule has 1 aromatic rings. The van der Waals surface area contributed by atoms with Crippen LogP contribution in [0.5, 0.6) is 0 Å². The quantitative estimate of drug-likeness (QED) is 0.790. The van der Waals surface area contributed by atoms with Crippen LogP contribution in [0.2, 0.25) is 0 Å². The van der Waals surface area contributed by atoms with Crippen molar-refractivity contribution >= 4 is 15.9 Å². The molecule has 1 N–H and O–H groups in total. The number of halogens is 1. The van der Waals surface area contributed by atoms with Crippen molar-refractivity contribution in [2.24, 2.45) is 5.92 Å². The summed E-state index contributed by atoms with van der Waals surface area (Å²) < 4.78 is 1.23. The first-order valence-electron chi connectivity index (χ1n) is 7.57. The molecule has 0 saturated carbocycles. The predicted octanol–water partition coefficient (Wildman–Crippen LogP) is 3.12. The molecule has 3 aliphatic heterocycles. The van der Waals surface area contributed by atoms with Crippen LogP contribution in [0.4, 0.5) is 0 Å². The van der Waals surface area contributed by atoms with Gasteiger partial charge < -0.3 is 5.32 Å². The van der Waals surface area contributed by atoms with Gasteiger partial charge in [0.2, 0.25) is 0 Å². The van der Waals surface area contributed by atoms with Crippen LogP contribution in [0.15, 0.2) is 22.7 Å². The normalized spacial score (nSPS) is 34.3. The van der Waals surface area contributed by atoms with Gasteiger partial charge in [-0.15, -0.1) is 0 Å². The number of hydrogen-bond acceptors (Lipinski definition) is 2. The number of nitrogens with zero attached hydrogens (tertiary/aromatic N) is 1. The molecule has 0 unspecified atom stereocenters.